The minimum atomic E-state index is -0.323. The second kappa shape index (κ2) is 6.27. The van der Waals surface area contributed by atoms with Gasteiger partial charge in [-0.2, -0.15) is 0 Å². The molecule has 26 heavy (non-hydrogen) atoms. The van der Waals surface area contributed by atoms with E-state index >= 15 is 0 Å². The maximum Gasteiger partial charge on any atom is 0.269 e. The van der Waals surface area contributed by atoms with Crippen molar-refractivity contribution < 1.29 is 9.32 Å². The Hall–Kier alpha value is -3.19. The second-order valence-corrected chi connectivity index (χ2v) is 7.04. The van der Waals surface area contributed by atoms with E-state index in [0.717, 1.165) is 21.5 Å². The van der Waals surface area contributed by atoms with Crippen LogP contribution in [0.25, 0.3) is 21.5 Å². The van der Waals surface area contributed by atoms with Crippen LogP contribution in [0.1, 0.15) is 21.0 Å². The normalized spacial score (nSPS) is 11.0. The van der Waals surface area contributed by atoms with Gasteiger partial charge in [-0.25, -0.2) is 4.98 Å². The number of aromatic nitrogens is 2. The lowest BCUT2D eigenvalue weighted by molar-refractivity contribution is 0.103. The number of carbonyl (C=O) groups is 1. The number of nitrogens with zero attached hydrogens (tertiary/aromatic N) is 2. The molecule has 0 aliphatic rings. The largest absolute Gasteiger partial charge is 0.397 e. The van der Waals surface area contributed by atoms with Gasteiger partial charge in [0.25, 0.3) is 5.91 Å². The summed E-state index contributed by atoms with van der Waals surface area (Å²) in [6.07, 6.45) is 0. The van der Waals surface area contributed by atoms with E-state index in [2.05, 4.69) is 15.5 Å². The zero-order chi connectivity index (χ0) is 18.3. The fourth-order valence-corrected chi connectivity index (χ4v) is 3.64. The molecule has 0 unspecified atom stereocenters. The quantitative estimate of drug-likeness (QED) is 0.562. The number of pyridine rings is 1. The molecule has 130 valence electrons. The standard InChI is InChI=1S/C19H16N4O2S/c1-10-3-5-12(6-4-10)14-8-7-13-16(20)17(26-19(13)21-14)18(24)22-15-9-11(2)25-23-15/h3-9H,20H2,1-2H3,(H,22,23,24). The molecule has 7 heteroatoms. The number of anilines is 2. The van der Waals surface area contributed by atoms with Crippen molar-refractivity contribution in [2.24, 2.45) is 0 Å². The Bertz CT molecular complexity index is 1110. The SMILES string of the molecule is Cc1ccc(-c2ccc3c(N)c(C(=O)Nc4cc(C)on4)sc3n2)cc1. The summed E-state index contributed by atoms with van der Waals surface area (Å²) in [4.78, 5) is 18.3. The summed E-state index contributed by atoms with van der Waals surface area (Å²) < 4.78 is 4.96. The molecule has 0 radical (unpaired) electrons. The van der Waals surface area contributed by atoms with E-state index in [-0.39, 0.29) is 5.91 Å². The fraction of sp³-hybridized carbons (Fsp3) is 0.105. The summed E-state index contributed by atoms with van der Waals surface area (Å²) in [6.45, 7) is 3.80. The summed E-state index contributed by atoms with van der Waals surface area (Å²) in [6, 6.07) is 13.6. The lowest BCUT2D eigenvalue weighted by Gasteiger charge is -2.01. The zero-order valence-corrected chi connectivity index (χ0v) is 15.1. The Morgan fingerprint density at radius 3 is 2.62 bits per heavy atom. The van der Waals surface area contributed by atoms with Gasteiger partial charge in [0, 0.05) is 17.0 Å². The number of nitrogens with one attached hydrogen (secondary N) is 1. The van der Waals surface area contributed by atoms with E-state index in [0.29, 0.717) is 22.1 Å². The molecule has 3 N–H and O–H groups in total. The minimum absolute atomic E-state index is 0.323. The highest BCUT2D eigenvalue weighted by Gasteiger charge is 2.19. The van der Waals surface area contributed by atoms with Gasteiger partial charge < -0.3 is 15.6 Å². The summed E-state index contributed by atoms with van der Waals surface area (Å²) in [5.41, 5.74) is 9.65. The summed E-state index contributed by atoms with van der Waals surface area (Å²) in [5, 5.41) is 7.23. The molecule has 0 saturated heterocycles. The van der Waals surface area contributed by atoms with Crippen molar-refractivity contribution in [2.45, 2.75) is 13.8 Å². The van der Waals surface area contributed by atoms with Gasteiger partial charge in [0.1, 0.15) is 15.5 Å². The van der Waals surface area contributed by atoms with Crippen LogP contribution in [-0.4, -0.2) is 16.0 Å². The number of rotatable bonds is 3. The van der Waals surface area contributed by atoms with Crippen molar-refractivity contribution in [2.75, 3.05) is 11.1 Å². The summed E-state index contributed by atoms with van der Waals surface area (Å²) >= 11 is 1.26. The maximum absolute atomic E-state index is 12.5. The van der Waals surface area contributed by atoms with Gasteiger partial charge >= 0.3 is 0 Å². The van der Waals surface area contributed by atoms with Gasteiger partial charge in [-0.15, -0.1) is 11.3 Å². The highest BCUT2D eigenvalue weighted by Crippen LogP contribution is 2.34. The third kappa shape index (κ3) is 2.93. The number of nitrogens with two attached hydrogens (primary N) is 1. The molecule has 4 rings (SSSR count). The number of aryl methyl sites for hydroxylation is 2. The smallest absolute Gasteiger partial charge is 0.269 e. The third-order valence-electron chi connectivity index (χ3n) is 4.02. The lowest BCUT2D eigenvalue weighted by atomic mass is 10.1. The molecule has 0 aliphatic heterocycles. The van der Waals surface area contributed by atoms with Crippen LogP contribution in [0.15, 0.2) is 47.0 Å². The van der Waals surface area contributed by atoms with Gasteiger partial charge in [0.05, 0.1) is 11.4 Å². The van der Waals surface area contributed by atoms with E-state index in [1.54, 1.807) is 13.0 Å². The number of carbonyl (C=O) groups excluding carboxylic acids is 1. The first-order chi connectivity index (χ1) is 12.5. The highest BCUT2D eigenvalue weighted by atomic mass is 32.1. The van der Waals surface area contributed by atoms with Crippen molar-refractivity contribution in [1.82, 2.24) is 10.1 Å². The average Bonchev–Trinajstić information content (AvgIpc) is 3.18. The van der Waals surface area contributed by atoms with Crippen LogP contribution in [0.2, 0.25) is 0 Å². The first kappa shape index (κ1) is 16.3. The van der Waals surface area contributed by atoms with E-state index in [4.69, 9.17) is 10.3 Å². The highest BCUT2D eigenvalue weighted by molar-refractivity contribution is 7.21. The zero-order valence-electron chi connectivity index (χ0n) is 14.2. The first-order valence-electron chi connectivity index (χ1n) is 8.02. The predicted octanol–water partition coefficient (Wildman–Crippen LogP) is 4.40. The number of thiophene rings is 1. The molecule has 1 aromatic carbocycles. The molecule has 0 atom stereocenters. The number of hydrogen-bond acceptors (Lipinski definition) is 6. The first-order valence-corrected chi connectivity index (χ1v) is 8.83. The van der Waals surface area contributed by atoms with Gasteiger partial charge in [-0.1, -0.05) is 35.0 Å². The molecular weight excluding hydrogens is 348 g/mol. The number of fused-ring (bicyclic) bond motifs is 1. The molecule has 0 saturated carbocycles. The number of hydrogen-bond donors (Lipinski definition) is 2. The minimum Gasteiger partial charge on any atom is -0.397 e. The van der Waals surface area contributed by atoms with Gasteiger partial charge in [0.2, 0.25) is 0 Å². The van der Waals surface area contributed by atoms with Gasteiger partial charge in [-0.3, -0.25) is 4.79 Å². The molecule has 3 aromatic heterocycles. The van der Waals surface area contributed by atoms with Crippen molar-refractivity contribution in [1.29, 1.82) is 0 Å². The van der Waals surface area contributed by atoms with Gasteiger partial charge in [0.15, 0.2) is 5.82 Å². The van der Waals surface area contributed by atoms with Crippen LogP contribution >= 0.6 is 11.3 Å². The van der Waals surface area contributed by atoms with Crippen LogP contribution in [0, 0.1) is 13.8 Å². The fourth-order valence-electron chi connectivity index (χ4n) is 2.65. The third-order valence-corrected chi connectivity index (χ3v) is 5.13. The van der Waals surface area contributed by atoms with Crippen LogP contribution in [0.4, 0.5) is 11.5 Å². The topological polar surface area (TPSA) is 94.0 Å². The van der Waals surface area contributed by atoms with E-state index in [1.165, 1.54) is 16.9 Å². The molecule has 1 amide bonds. The van der Waals surface area contributed by atoms with Crippen molar-refractivity contribution in [3.63, 3.8) is 0 Å². The van der Waals surface area contributed by atoms with Crippen molar-refractivity contribution in [3.05, 3.63) is 58.7 Å². The summed E-state index contributed by atoms with van der Waals surface area (Å²) in [5.74, 6) is 0.655. The average molecular weight is 364 g/mol. The van der Waals surface area contributed by atoms with Crippen molar-refractivity contribution in [3.8, 4) is 11.3 Å². The Morgan fingerprint density at radius 1 is 1.15 bits per heavy atom. The molecular formula is C19H16N4O2S. The number of benzene rings is 1. The van der Waals surface area contributed by atoms with Crippen LogP contribution in [-0.2, 0) is 0 Å². The Balaban J connectivity index is 1.69. The van der Waals surface area contributed by atoms with Crippen LogP contribution in [0.5, 0.6) is 0 Å². The molecule has 6 nitrogen and oxygen atoms in total. The van der Waals surface area contributed by atoms with Gasteiger partial charge in [-0.05, 0) is 26.0 Å². The predicted molar refractivity (Wildman–Crippen MR) is 103 cm³/mol. The molecule has 0 aliphatic carbocycles. The molecule has 4 aromatic rings. The molecule has 0 fully saturated rings. The Morgan fingerprint density at radius 2 is 1.92 bits per heavy atom. The molecule has 0 spiro atoms. The van der Waals surface area contributed by atoms with E-state index < -0.39 is 0 Å². The van der Waals surface area contributed by atoms with Crippen LogP contribution in [0.3, 0.4) is 0 Å². The molecule has 0 bridgehead atoms. The maximum atomic E-state index is 12.5. The van der Waals surface area contributed by atoms with Crippen LogP contribution < -0.4 is 11.1 Å². The Labute approximate surface area is 153 Å². The molecule has 3 heterocycles. The second-order valence-electron chi connectivity index (χ2n) is 6.04. The summed E-state index contributed by atoms with van der Waals surface area (Å²) in [7, 11) is 0. The van der Waals surface area contributed by atoms with E-state index in [9.17, 15) is 4.79 Å². The Kier molecular flexibility index (Phi) is 3.93. The lowest BCUT2D eigenvalue weighted by Crippen LogP contribution is -2.12. The number of amides is 1. The monoisotopic (exact) mass is 364 g/mol. The van der Waals surface area contributed by atoms with Crippen molar-refractivity contribution >= 4 is 39.0 Å². The number of nitrogen functional groups attached to an aromatic ring is 1. The van der Waals surface area contributed by atoms with E-state index in [1.807, 2.05) is 43.3 Å².